The average Bonchev–Trinajstić information content (AvgIpc) is 3.60. The van der Waals surface area contributed by atoms with Crippen LogP contribution in [0.3, 0.4) is 0 Å². The number of hydrogen-bond donors (Lipinski definition) is 14. The number of nitrogens with one attached hydrogen (secondary N) is 1. The fourth-order valence-corrected chi connectivity index (χ4v) is 3.80. The summed E-state index contributed by atoms with van der Waals surface area (Å²) in [7, 11) is 0. The quantitative estimate of drug-likeness (QED) is 0.0477. The predicted octanol–water partition coefficient (Wildman–Crippen LogP) is -1.24. The molecule has 0 saturated carbocycles. The Labute approximate surface area is 317 Å². The molecule has 0 saturated heterocycles. The molecule has 1 aromatic carbocycles. The number of aliphatic imine (C=N–C) groups is 1. The number of H-pyrrole nitrogens is 1. The monoisotopic (exact) mass is 790 g/mol. The minimum absolute atomic E-state index is 0.0129. The van der Waals surface area contributed by atoms with Crippen molar-refractivity contribution >= 4 is 47.6 Å². The van der Waals surface area contributed by atoms with Gasteiger partial charge in [0.25, 0.3) is 0 Å². The van der Waals surface area contributed by atoms with Gasteiger partial charge in [-0.15, -0.1) is 0 Å². The number of benzene rings is 1. The highest BCUT2D eigenvalue weighted by atomic mass is 32.2. The molecule has 21 nitrogen and oxygen atoms in total. The van der Waals surface area contributed by atoms with E-state index >= 15 is 0 Å². The van der Waals surface area contributed by atoms with Crippen molar-refractivity contribution in [3.05, 3.63) is 48.0 Å². The molecule has 0 aliphatic rings. The molecule has 308 valence electrons. The number of nitrogens with two attached hydrogens (primary N) is 7. The number of nitrogens with zero attached hydrogens (tertiary/aromatic N) is 2. The molecule has 0 amide bonds. The first-order valence-electron chi connectivity index (χ1n) is 16.3. The van der Waals surface area contributed by atoms with E-state index in [1.54, 1.807) is 30.1 Å². The number of phenols is 1. The standard InChI is InChI=1S/C9H11NO3.C6H14N4O2.C6H9N3O2.C6H13NO2.C5H11NO2S/c10-8(9(12)13)5-6-1-3-7(11)4-2-6;7-4(5(11)12)2-1-3-10-6(8)9;7-5(6(10)11)1-4-2-8-3-9-4;1-4(2)3-5(7)6(8)9;1-9-3-2-4(6)5(7)8/h1-4,8,11H,5,10H2,(H,12,13);4H,1-3,7H2,(H,11,12)(H4,8,9,10);2-3,5H,1,7H2,(H,8,9)(H,10,11);4-5H,3,7H2,1-2H3,(H,8,9);4H,2-3,6H2,1H3,(H,7,8). The molecule has 0 aliphatic carbocycles. The molecule has 0 radical (unpaired) electrons. The van der Waals surface area contributed by atoms with E-state index in [1.807, 2.05) is 20.1 Å². The summed E-state index contributed by atoms with van der Waals surface area (Å²) in [6.07, 6.45) is 7.59. The molecular formula is C32H58N10O11S. The maximum atomic E-state index is 10.4. The van der Waals surface area contributed by atoms with E-state index in [9.17, 15) is 24.0 Å². The predicted molar refractivity (Wildman–Crippen MR) is 205 cm³/mol. The number of aromatic amines is 1. The molecule has 0 aliphatic heterocycles. The van der Waals surface area contributed by atoms with E-state index in [0.717, 1.165) is 17.0 Å². The van der Waals surface area contributed by atoms with Gasteiger partial charge in [-0.2, -0.15) is 11.8 Å². The Morgan fingerprint density at radius 3 is 1.57 bits per heavy atom. The molecule has 2 aromatic rings. The van der Waals surface area contributed by atoms with Gasteiger partial charge in [-0.25, -0.2) is 4.98 Å². The molecule has 5 unspecified atom stereocenters. The maximum absolute atomic E-state index is 10.4. The Balaban J connectivity index is -0.000000607. The van der Waals surface area contributed by atoms with E-state index in [1.165, 1.54) is 18.5 Å². The number of carboxylic acid groups (broad SMARTS) is 5. The molecule has 2 rings (SSSR count). The van der Waals surface area contributed by atoms with Gasteiger partial charge in [0.15, 0.2) is 5.96 Å². The zero-order valence-corrected chi connectivity index (χ0v) is 31.5. The van der Waals surface area contributed by atoms with Crippen molar-refractivity contribution in [3.8, 4) is 5.75 Å². The number of carbonyl (C=O) groups is 5. The Bertz CT molecular complexity index is 1360. The lowest BCUT2D eigenvalue weighted by Gasteiger charge is -2.07. The highest BCUT2D eigenvalue weighted by Crippen LogP contribution is 2.10. The van der Waals surface area contributed by atoms with Crippen LogP contribution in [0, 0.1) is 5.92 Å². The molecule has 22 heteroatoms. The van der Waals surface area contributed by atoms with Crippen molar-refractivity contribution in [3.63, 3.8) is 0 Å². The SMILES string of the molecule is CC(C)CC(N)C(=O)O.CSCCC(N)C(=O)O.NC(Cc1ccc(O)cc1)C(=O)O.NC(Cc1cnc[nH]1)C(=O)O.NC(N)=NCCCC(N)C(=O)O. The highest BCUT2D eigenvalue weighted by molar-refractivity contribution is 7.98. The van der Waals surface area contributed by atoms with Crippen LogP contribution in [-0.4, -0.2) is 125 Å². The molecule has 0 spiro atoms. The number of aliphatic carboxylic acids is 5. The molecule has 54 heavy (non-hydrogen) atoms. The summed E-state index contributed by atoms with van der Waals surface area (Å²) in [4.78, 5) is 61.2. The molecule has 21 N–H and O–H groups in total. The minimum Gasteiger partial charge on any atom is -0.508 e. The van der Waals surface area contributed by atoms with Crippen LogP contribution in [0.5, 0.6) is 5.75 Å². The van der Waals surface area contributed by atoms with Crippen molar-refractivity contribution in [1.29, 1.82) is 0 Å². The molecule has 1 aromatic heterocycles. The number of rotatable bonds is 18. The van der Waals surface area contributed by atoms with Gasteiger partial charge in [-0.05, 0) is 67.7 Å². The summed E-state index contributed by atoms with van der Waals surface area (Å²) in [5.74, 6) is -3.50. The summed E-state index contributed by atoms with van der Waals surface area (Å²) in [6, 6.07) is 2.38. The second-order valence-electron chi connectivity index (χ2n) is 11.7. The van der Waals surface area contributed by atoms with Gasteiger partial charge in [0.1, 0.15) is 36.0 Å². The van der Waals surface area contributed by atoms with Gasteiger partial charge in [0.2, 0.25) is 0 Å². The van der Waals surface area contributed by atoms with Crippen LogP contribution in [0.15, 0.2) is 41.8 Å². The van der Waals surface area contributed by atoms with E-state index in [0.29, 0.717) is 38.1 Å². The van der Waals surface area contributed by atoms with Gasteiger partial charge in [-0.3, -0.25) is 29.0 Å². The van der Waals surface area contributed by atoms with Gasteiger partial charge in [-0.1, -0.05) is 26.0 Å². The lowest BCUT2D eigenvalue weighted by Crippen LogP contribution is -2.32. The number of guanidine groups is 1. The van der Waals surface area contributed by atoms with E-state index in [2.05, 4.69) is 15.0 Å². The number of phenolic OH excluding ortho intramolecular Hbond substituents is 1. The van der Waals surface area contributed by atoms with Crippen molar-refractivity contribution in [2.24, 2.45) is 51.0 Å². The van der Waals surface area contributed by atoms with Gasteiger partial charge in [0, 0.05) is 24.9 Å². The first-order valence-corrected chi connectivity index (χ1v) is 17.7. The number of hydrogen-bond acceptors (Lipinski definition) is 14. The number of imidazole rings is 1. The lowest BCUT2D eigenvalue weighted by molar-refractivity contribution is -0.139. The Morgan fingerprint density at radius 2 is 1.20 bits per heavy atom. The number of aromatic nitrogens is 2. The summed E-state index contributed by atoms with van der Waals surface area (Å²) < 4.78 is 0. The van der Waals surface area contributed by atoms with Crippen LogP contribution in [0.25, 0.3) is 0 Å². The Hall–Kier alpha value is -5.00. The number of carboxylic acids is 5. The van der Waals surface area contributed by atoms with Crippen molar-refractivity contribution in [2.75, 3.05) is 18.6 Å². The van der Waals surface area contributed by atoms with Gasteiger partial charge < -0.3 is 75.8 Å². The first-order chi connectivity index (χ1) is 25.0. The maximum Gasteiger partial charge on any atom is 0.320 e. The van der Waals surface area contributed by atoms with Crippen LogP contribution >= 0.6 is 11.8 Å². The largest absolute Gasteiger partial charge is 0.508 e. The van der Waals surface area contributed by atoms with Crippen LogP contribution in [0.1, 0.15) is 50.8 Å². The average molecular weight is 791 g/mol. The topological polar surface area (TPSA) is 430 Å². The fourth-order valence-electron chi connectivity index (χ4n) is 3.31. The molecular weight excluding hydrogens is 732 g/mol. The third-order valence-corrected chi connectivity index (χ3v) is 6.94. The highest BCUT2D eigenvalue weighted by Gasteiger charge is 2.14. The second kappa shape index (κ2) is 31.5. The second-order valence-corrected chi connectivity index (χ2v) is 12.7. The molecule has 0 fully saturated rings. The smallest absolute Gasteiger partial charge is 0.320 e. The van der Waals surface area contributed by atoms with Crippen molar-refractivity contribution < 1.29 is 54.6 Å². The van der Waals surface area contributed by atoms with E-state index in [-0.39, 0.29) is 24.6 Å². The summed E-state index contributed by atoms with van der Waals surface area (Å²) in [6.45, 7) is 4.31. The summed E-state index contributed by atoms with van der Waals surface area (Å²) in [5.41, 5.74) is 37.8. The van der Waals surface area contributed by atoms with Gasteiger partial charge >= 0.3 is 29.8 Å². The first kappa shape index (κ1) is 53.4. The van der Waals surface area contributed by atoms with E-state index < -0.39 is 60.1 Å². The summed E-state index contributed by atoms with van der Waals surface area (Å²) in [5, 5.41) is 50.9. The third-order valence-electron chi connectivity index (χ3n) is 6.30. The van der Waals surface area contributed by atoms with Crippen molar-refractivity contribution in [2.45, 2.75) is 82.6 Å². The molecule has 5 atom stereocenters. The Kier molecular flexibility index (Phi) is 31.1. The van der Waals surface area contributed by atoms with Gasteiger partial charge in [0.05, 0.1) is 6.33 Å². The molecule has 0 bridgehead atoms. The Morgan fingerprint density at radius 1 is 0.741 bits per heavy atom. The van der Waals surface area contributed by atoms with Crippen LogP contribution in [0.2, 0.25) is 0 Å². The lowest BCUT2D eigenvalue weighted by atomic mass is 10.1. The normalized spacial score (nSPS) is 12.8. The van der Waals surface area contributed by atoms with Crippen LogP contribution in [-0.2, 0) is 36.8 Å². The van der Waals surface area contributed by atoms with Crippen molar-refractivity contribution in [1.82, 2.24) is 9.97 Å². The minimum atomic E-state index is -1.02. The fraction of sp³-hybridized carbons (Fsp3) is 0.531. The van der Waals surface area contributed by atoms with Crippen LogP contribution in [0.4, 0.5) is 0 Å². The van der Waals surface area contributed by atoms with E-state index in [4.69, 9.17) is 70.8 Å². The third kappa shape index (κ3) is 32.9. The number of thioether (sulfide) groups is 1. The zero-order chi connectivity index (χ0) is 42.4. The summed E-state index contributed by atoms with van der Waals surface area (Å²) >= 11 is 1.60. The zero-order valence-electron chi connectivity index (χ0n) is 30.7. The van der Waals surface area contributed by atoms with Crippen LogP contribution < -0.4 is 40.1 Å². The number of aromatic hydroxyl groups is 1. The molecule has 1 heterocycles.